The van der Waals surface area contributed by atoms with Gasteiger partial charge in [-0.1, -0.05) is 10.8 Å². The molecule has 0 fully saturated rings. The van der Waals surface area contributed by atoms with Gasteiger partial charge >= 0.3 is 0 Å². The zero-order valence-electron chi connectivity index (χ0n) is 14.6. The molecule has 6 nitrogen and oxygen atoms in total. The first-order valence-electron chi connectivity index (χ1n) is 8.32. The summed E-state index contributed by atoms with van der Waals surface area (Å²) in [6, 6.07) is 4.97. The van der Waals surface area contributed by atoms with Crippen LogP contribution in [-0.4, -0.2) is 36.3 Å². The first-order chi connectivity index (χ1) is 13.1. The molecule has 0 atom stereocenters. The van der Waals surface area contributed by atoms with E-state index >= 15 is 0 Å². The van der Waals surface area contributed by atoms with Crippen molar-refractivity contribution in [1.82, 2.24) is 14.6 Å². The van der Waals surface area contributed by atoms with Gasteiger partial charge in [0.05, 0.1) is 21.5 Å². The molecule has 146 valence electrons. The third-order valence-electron chi connectivity index (χ3n) is 4.26. The summed E-state index contributed by atoms with van der Waals surface area (Å²) in [7, 11) is 0. The number of benzene rings is 1. The number of nitrogen functional groups attached to an aromatic ring is 1. The minimum Gasteiger partial charge on any atom is -0.367 e. The van der Waals surface area contributed by atoms with Crippen LogP contribution in [-0.2, 0) is 6.42 Å². The summed E-state index contributed by atoms with van der Waals surface area (Å²) in [5.74, 6) is -0.535. The Balaban J connectivity index is 1.87. The van der Waals surface area contributed by atoms with Crippen LogP contribution in [0.5, 0.6) is 0 Å². The Hall–Kier alpha value is -2.27. The summed E-state index contributed by atoms with van der Waals surface area (Å²) in [5, 5.41) is 8.05. The van der Waals surface area contributed by atoms with Crippen LogP contribution in [0.25, 0.3) is 16.6 Å². The van der Waals surface area contributed by atoms with Crippen molar-refractivity contribution in [3.8, 4) is 11.1 Å². The van der Waals surface area contributed by atoms with Crippen molar-refractivity contribution in [1.29, 1.82) is 0 Å². The second kappa shape index (κ2) is 6.66. The van der Waals surface area contributed by atoms with Gasteiger partial charge in [-0.05, 0) is 18.6 Å². The molecule has 0 amide bonds. The number of hydrogen-bond acceptors (Lipinski definition) is 6. The smallest absolute Gasteiger partial charge is 0.298 e. The molecule has 4 rings (SSSR count). The average molecular weight is 425 g/mol. The van der Waals surface area contributed by atoms with Crippen molar-refractivity contribution >= 4 is 48.1 Å². The monoisotopic (exact) mass is 425 g/mol. The van der Waals surface area contributed by atoms with Crippen LogP contribution in [0, 0.1) is 5.82 Å². The molecule has 2 N–H and O–H groups in total. The highest BCUT2D eigenvalue weighted by Gasteiger charge is 2.32. The lowest BCUT2D eigenvalue weighted by Gasteiger charge is -2.17. The number of thiol groups is 2. The third-order valence-corrected chi connectivity index (χ3v) is 4.57. The van der Waals surface area contributed by atoms with E-state index in [4.69, 9.17) is 5.73 Å². The van der Waals surface area contributed by atoms with Gasteiger partial charge in [-0.15, -0.1) is 5.10 Å². The number of alkyl halides is 2. The third kappa shape index (κ3) is 3.44. The summed E-state index contributed by atoms with van der Waals surface area (Å²) < 4.78 is 42.1. The number of hydrogen-bond donors (Lipinski definition) is 3. The van der Waals surface area contributed by atoms with Gasteiger partial charge in [0.1, 0.15) is 0 Å². The van der Waals surface area contributed by atoms with Crippen molar-refractivity contribution in [3.63, 3.8) is 0 Å². The Bertz CT molecular complexity index is 1120. The van der Waals surface area contributed by atoms with E-state index in [0.29, 0.717) is 34.6 Å². The molecule has 0 aliphatic carbocycles. The number of rotatable bonds is 5. The second-order valence-corrected chi connectivity index (χ2v) is 9.06. The Labute approximate surface area is 169 Å². The number of aromatic nitrogens is 3. The Morgan fingerprint density at radius 1 is 1.32 bits per heavy atom. The zero-order valence-corrected chi connectivity index (χ0v) is 16.4. The first kappa shape index (κ1) is 19.1. The van der Waals surface area contributed by atoms with E-state index in [9.17, 15) is 13.2 Å². The van der Waals surface area contributed by atoms with Crippen LogP contribution in [0.1, 0.15) is 12.6 Å². The van der Waals surface area contributed by atoms with Gasteiger partial charge in [0.25, 0.3) is 12.1 Å². The fourth-order valence-electron chi connectivity index (χ4n) is 3.24. The molecule has 2 aromatic heterocycles. The number of anilines is 1. The Morgan fingerprint density at radius 2 is 2.07 bits per heavy atom. The summed E-state index contributed by atoms with van der Waals surface area (Å²) in [4.78, 5) is 4.25. The van der Waals surface area contributed by atoms with Crippen LogP contribution >= 0.6 is 25.3 Å². The molecule has 0 bridgehead atoms. The van der Waals surface area contributed by atoms with E-state index in [0.717, 1.165) is 0 Å². The number of fused-ring (bicyclic) bond motifs is 2. The molecular weight excluding hydrogens is 409 g/mol. The van der Waals surface area contributed by atoms with Gasteiger partial charge in [0.2, 0.25) is 18.2 Å². The van der Waals surface area contributed by atoms with Crippen molar-refractivity contribution in [3.05, 3.63) is 35.9 Å². The SMILES string of the molecule is CC(S)(S)Cc1nc(N)nn2cc(F)c(-c3ccc4c(c3)[N+](CC(F)F)=N4)c12. The van der Waals surface area contributed by atoms with Crippen LogP contribution in [0.4, 0.5) is 30.5 Å². The maximum atomic E-state index is 14.9. The number of nitrogens with zero attached hydrogens (tertiary/aromatic N) is 5. The molecule has 11 heteroatoms. The topological polar surface area (TPSA) is 71.6 Å². The van der Waals surface area contributed by atoms with Crippen LogP contribution in [0.15, 0.2) is 29.5 Å². The van der Waals surface area contributed by atoms with Crippen LogP contribution in [0.2, 0.25) is 0 Å². The molecule has 3 aromatic rings. The summed E-state index contributed by atoms with van der Waals surface area (Å²) in [6.45, 7) is 1.26. The average Bonchev–Trinajstić information content (AvgIpc) is 2.87. The van der Waals surface area contributed by atoms with Crippen molar-refractivity contribution in [2.24, 2.45) is 5.11 Å². The predicted molar refractivity (Wildman–Crippen MR) is 106 cm³/mol. The van der Waals surface area contributed by atoms with E-state index in [2.05, 4.69) is 40.5 Å². The molecule has 0 saturated heterocycles. The lowest BCUT2D eigenvalue weighted by Crippen LogP contribution is -2.17. The van der Waals surface area contributed by atoms with Gasteiger partial charge in [-0.3, -0.25) is 0 Å². The van der Waals surface area contributed by atoms with E-state index < -0.39 is 22.9 Å². The lowest BCUT2D eigenvalue weighted by molar-refractivity contribution is -0.536. The molecule has 0 spiro atoms. The van der Waals surface area contributed by atoms with E-state index in [1.54, 1.807) is 25.1 Å². The normalized spacial score (nSPS) is 13.6. The summed E-state index contributed by atoms with van der Waals surface area (Å²) >= 11 is 8.81. The van der Waals surface area contributed by atoms with Crippen LogP contribution in [0.3, 0.4) is 0 Å². The standard InChI is InChI=1S/C17H15F3N6S2/c1-17(27,28)5-11-15-14(9(18)6-26(15)24-16(21)22-11)8-2-3-10-12(4-8)25(23-10)7-13(19)20/h2-4,6,13H,5,7H2,1H3,(H3-,21,22,24,27,28)/p+1. The summed E-state index contributed by atoms with van der Waals surface area (Å²) in [5.41, 5.74) is 8.52. The Morgan fingerprint density at radius 3 is 2.75 bits per heavy atom. The minimum atomic E-state index is -2.53. The van der Waals surface area contributed by atoms with E-state index in [1.807, 2.05) is 0 Å². The molecule has 1 aliphatic heterocycles. The molecule has 3 heterocycles. The molecule has 28 heavy (non-hydrogen) atoms. The molecule has 0 saturated carbocycles. The number of halogens is 3. The van der Waals surface area contributed by atoms with Crippen molar-refractivity contribution in [2.45, 2.75) is 23.8 Å². The van der Waals surface area contributed by atoms with E-state index in [-0.39, 0.29) is 11.5 Å². The summed E-state index contributed by atoms with van der Waals surface area (Å²) in [6.07, 6.45) is -1.02. The van der Waals surface area contributed by atoms with Gasteiger partial charge in [0, 0.05) is 23.2 Å². The van der Waals surface area contributed by atoms with E-state index in [1.165, 1.54) is 15.4 Å². The van der Waals surface area contributed by atoms with Gasteiger partial charge in [-0.25, -0.2) is 22.7 Å². The Kier molecular flexibility index (Phi) is 4.53. The first-order valence-corrected chi connectivity index (χ1v) is 9.21. The molecule has 0 radical (unpaired) electrons. The van der Waals surface area contributed by atoms with Crippen LogP contribution < -0.4 is 5.73 Å². The van der Waals surface area contributed by atoms with Gasteiger partial charge < -0.3 is 5.73 Å². The highest BCUT2D eigenvalue weighted by molar-refractivity contribution is 8.00. The van der Waals surface area contributed by atoms with Crippen molar-refractivity contribution < 1.29 is 17.9 Å². The number of azo groups is 2. The molecular formula is C17H16F3N6S2+. The fraction of sp³-hybridized carbons (Fsp3) is 0.294. The largest absolute Gasteiger partial charge is 0.367 e. The quantitative estimate of drug-likeness (QED) is 0.325. The van der Waals surface area contributed by atoms with Crippen molar-refractivity contribution in [2.75, 3.05) is 12.3 Å². The molecule has 0 unspecified atom stereocenters. The van der Waals surface area contributed by atoms with Gasteiger partial charge in [-0.2, -0.15) is 25.3 Å². The molecule has 1 aliphatic rings. The maximum Gasteiger partial charge on any atom is 0.298 e. The maximum absolute atomic E-state index is 14.9. The highest BCUT2D eigenvalue weighted by Crippen LogP contribution is 2.42. The highest BCUT2D eigenvalue weighted by atomic mass is 32.2. The zero-order chi connectivity index (χ0) is 20.2. The molecule has 1 aromatic carbocycles. The minimum absolute atomic E-state index is 0.00553. The number of nitrogens with two attached hydrogens (primary N) is 1. The lowest BCUT2D eigenvalue weighted by atomic mass is 10.0. The second-order valence-electron chi connectivity index (χ2n) is 6.73. The van der Waals surface area contributed by atoms with Gasteiger partial charge in [0.15, 0.2) is 5.82 Å². The predicted octanol–water partition coefficient (Wildman–Crippen LogP) is 4.24. The fourth-order valence-corrected chi connectivity index (χ4v) is 3.54.